The molecule has 6 heteroatoms. The first-order chi connectivity index (χ1) is 11.1. The Morgan fingerprint density at radius 2 is 2.17 bits per heavy atom. The van der Waals surface area contributed by atoms with Crippen molar-refractivity contribution in [3.05, 3.63) is 27.9 Å². The molecule has 2 aliphatic heterocycles. The number of H-pyrrole nitrogens is 1. The molecule has 0 bridgehead atoms. The van der Waals surface area contributed by atoms with Crippen molar-refractivity contribution in [2.45, 2.75) is 32.7 Å². The summed E-state index contributed by atoms with van der Waals surface area (Å²) in [7, 11) is 0. The molecule has 0 aromatic carbocycles. The molecule has 23 heavy (non-hydrogen) atoms. The van der Waals surface area contributed by atoms with Crippen LogP contribution in [0.15, 0.2) is 10.9 Å². The number of nitrogens with one attached hydrogen (secondary N) is 1. The molecule has 2 saturated heterocycles. The Labute approximate surface area is 137 Å². The molecule has 1 unspecified atom stereocenters. The Kier molecular flexibility index (Phi) is 5.46. The lowest BCUT2D eigenvalue weighted by Gasteiger charge is -2.39. The lowest BCUT2D eigenvalue weighted by atomic mass is 9.96. The molecule has 0 spiro atoms. The average molecular weight is 320 g/mol. The number of aryl methyl sites for hydroxylation is 1. The highest BCUT2D eigenvalue weighted by atomic mass is 16.5. The molecular formula is C17H28N4O2. The number of ether oxygens (including phenoxy) is 1. The maximum absolute atomic E-state index is 11.7. The van der Waals surface area contributed by atoms with Gasteiger partial charge in [-0.2, -0.15) is 0 Å². The minimum atomic E-state index is -0.0544. The summed E-state index contributed by atoms with van der Waals surface area (Å²) in [6.45, 7) is 11.2. The van der Waals surface area contributed by atoms with Gasteiger partial charge in [-0.15, -0.1) is 0 Å². The Morgan fingerprint density at radius 3 is 2.91 bits per heavy atom. The SMILES string of the molecule is Cc1cc(=O)[nH]c(C(C)N2CCC[C@H](CN3CCOCC3)C2)n1. The van der Waals surface area contributed by atoms with E-state index >= 15 is 0 Å². The third-order valence-corrected chi connectivity index (χ3v) is 5.00. The van der Waals surface area contributed by atoms with E-state index in [0.29, 0.717) is 5.92 Å². The van der Waals surface area contributed by atoms with Gasteiger partial charge in [0.05, 0.1) is 19.3 Å². The van der Waals surface area contributed by atoms with E-state index in [2.05, 4.69) is 26.7 Å². The highest BCUT2D eigenvalue weighted by Crippen LogP contribution is 2.25. The number of morpholine rings is 1. The van der Waals surface area contributed by atoms with Crippen LogP contribution in [0, 0.1) is 12.8 Å². The largest absolute Gasteiger partial charge is 0.379 e. The Morgan fingerprint density at radius 1 is 1.39 bits per heavy atom. The van der Waals surface area contributed by atoms with Gasteiger partial charge in [0.2, 0.25) is 0 Å². The van der Waals surface area contributed by atoms with Gasteiger partial charge in [-0.1, -0.05) is 0 Å². The first kappa shape index (κ1) is 16.6. The van der Waals surface area contributed by atoms with E-state index in [1.54, 1.807) is 6.07 Å². The molecule has 0 aliphatic carbocycles. The fraction of sp³-hybridized carbons (Fsp3) is 0.765. The van der Waals surface area contributed by atoms with Crippen LogP contribution in [-0.4, -0.2) is 65.7 Å². The summed E-state index contributed by atoms with van der Waals surface area (Å²) in [5.41, 5.74) is 0.735. The van der Waals surface area contributed by atoms with Crippen LogP contribution in [-0.2, 0) is 4.74 Å². The Bertz CT molecular complexity index is 568. The lowest BCUT2D eigenvalue weighted by Crippen LogP contribution is -2.45. The molecule has 1 N–H and O–H groups in total. The predicted octanol–water partition coefficient (Wildman–Crippen LogP) is 1.18. The van der Waals surface area contributed by atoms with E-state index in [9.17, 15) is 4.79 Å². The summed E-state index contributed by atoms with van der Waals surface area (Å²) >= 11 is 0. The summed E-state index contributed by atoms with van der Waals surface area (Å²) < 4.78 is 5.43. The van der Waals surface area contributed by atoms with Crippen molar-refractivity contribution in [2.24, 2.45) is 5.92 Å². The molecule has 1 aromatic rings. The second-order valence-electron chi connectivity index (χ2n) is 6.86. The van der Waals surface area contributed by atoms with Crippen molar-refractivity contribution in [1.82, 2.24) is 19.8 Å². The molecule has 3 heterocycles. The number of hydrogen-bond acceptors (Lipinski definition) is 5. The second-order valence-corrected chi connectivity index (χ2v) is 6.86. The molecule has 1 aromatic heterocycles. The molecule has 0 amide bonds. The molecule has 3 rings (SSSR count). The van der Waals surface area contributed by atoms with Crippen LogP contribution in [0.3, 0.4) is 0 Å². The van der Waals surface area contributed by atoms with Gasteiger partial charge in [0, 0.05) is 37.9 Å². The zero-order chi connectivity index (χ0) is 16.2. The first-order valence-corrected chi connectivity index (χ1v) is 8.74. The van der Waals surface area contributed by atoms with E-state index in [1.807, 2.05) is 6.92 Å². The Hall–Kier alpha value is -1.24. The number of aromatic nitrogens is 2. The number of nitrogens with zero attached hydrogens (tertiary/aromatic N) is 3. The highest BCUT2D eigenvalue weighted by molar-refractivity contribution is 5.03. The van der Waals surface area contributed by atoms with Crippen molar-refractivity contribution >= 4 is 0 Å². The van der Waals surface area contributed by atoms with E-state index in [0.717, 1.165) is 57.5 Å². The van der Waals surface area contributed by atoms with E-state index in [-0.39, 0.29) is 11.6 Å². The van der Waals surface area contributed by atoms with Crippen LogP contribution in [0.5, 0.6) is 0 Å². The fourth-order valence-corrected chi connectivity index (χ4v) is 3.72. The molecule has 128 valence electrons. The maximum atomic E-state index is 11.7. The van der Waals surface area contributed by atoms with Gasteiger partial charge in [0.1, 0.15) is 5.82 Å². The minimum Gasteiger partial charge on any atom is -0.379 e. The standard InChI is InChI=1S/C17H28N4O2/c1-13-10-16(22)19-17(18-13)14(2)21-5-3-4-15(12-21)11-20-6-8-23-9-7-20/h10,14-15H,3-9,11-12H2,1-2H3,(H,18,19,22)/t14?,15-/m1/s1. The van der Waals surface area contributed by atoms with E-state index in [4.69, 9.17) is 4.74 Å². The fourth-order valence-electron chi connectivity index (χ4n) is 3.72. The predicted molar refractivity (Wildman–Crippen MR) is 89.6 cm³/mol. The zero-order valence-corrected chi connectivity index (χ0v) is 14.3. The van der Waals surface area contributed by atoms with Crippen LogP contribution >= 0.6 is 0 Å². The highest BCUT2D eigenvalue weighted by Gasteiger charge is 2.27. The number of likely N-dealkylation sites (tertiary alicyclic amines) is 1. The second kappa shape index (κ2) is 7.55. The van der Waals surface area contributed by atoms with Crippen molar-refractivity contribution < 1.29 is 4.74 Å². The van der Waals surface area contributed by atoms with Gasteiger partial charge in [0.15, 0.2) is 0 Å². The minimum absolute atomic E-state index is 0.0544. The number of hydrogen-bond donors (Lipinski definition) is 1. The van der Waals surface area contributed by atoms with E-state index < -0.39 is 0 Å². The molecule has 2 atom stereocenters. The number of piperidine rings is 1. The summed E-state index contributed by atoms with van der Waals surface area (Å²) in [5, 5.41) is 0. The van der Waals surface area contributed by atoms with Crippen molar-refractivity contribution in [1.29, 1.82) is 0 Å². The summed E-state index contributed by atoms with van der Waals surface area (Å²) in [4.78, 5) is 24.1. The third-order valence-electron chi connectivity index (χ3n) is 5.00. The van der Waals surface area contributed by atoms with Crippen LogP contribution in [0.4, 0.5) is 0 Å². The topological polar surface area (TPSA) is 61.5 Å². The van der Waals surface area contributed by atoms with Crippen molar-refractivity contribution in [3.8, 4) is 0 Å². The normalized spacial score (nSPS) is 25.4. The third kappa shape index (κ3) is 4.40. The first-order valence-electron chi connectivity index (χ1n) is 8.74. The summed E-state index contributed by atoms with van der Waals surface area (Å²) in [6, 6.07) is 1.71. The summed E-state index contributed by atoms with van der Waals surface area (Å²) in [6.07, 6.45) is 2.51. The quantitative estimate of drug-likeness (QED) is 0.903. The molecule has 0 saturated carbocycles. The number of aromatic amines is 1. The van der Waals surface area contributed by atoms with Crippen LogP contribution < -0.4 is 5.56 Å². The smallest absolute Gasteiger partial charge is 0.251 e. The molecular weight excluding hydrogens is 292 g/mol. The van der Waals surface area contributed by atoms with Gasteiger partial charge in [0.25, 0.3) is 5.56 Å². The monoisotopic (exact) mass is 320 g/mol. The van der Waals surface area contributed by atoms with Crippen LogP contribution in [0.2, 0.25) is 0 Å². The lowest BCUT2D eigenvalue weighted by molar-refractivity contribution is 0.0197. The molecule has 0 radical (unpaired) electrons. The molecule has 2 aliphatic rings. The zero-order valence-electron chi connectivity index (χ0n) is 14.3. The van der Waals surface area contributed by atoms with E-state index in [1.165, 1.54) is 12.8 Å². The van der Waals surface area contributed by atoms with Gasteiger partial charge >= 0.3 is 0 Å². The van der Waals surface area contributed by atoms with Crippen molar-refractivity contribution in [2.75, 3.05) is 45.9 Å². The average Bonchev–Trinajstić information content (AvgIpc) is 2.54. The van der Waals surface area contributed by atoms with Crippen LogP contribution in [0.1, 0.15) is 37.3 Å². The van der Waals surface area contributed by atoms with Gasteiger partial charge in [-0.25, -0.2) is 4.98 Å². The van der Waals surface area contributed by atoms with Crippen molar-refractivity contribution in [3.63, 3.8) is 0 Å². The Balaban J connectivity index is 1.61. The molecule has 6 nitrogen and oxygen atoms in total. The number of rotatable bonds is 4. The van der Waals surface area contributed by atoms with Gasteiger partial charge < -0.3 is 9.72 Å². The maximum Gasteiger partial charge on any atom is 0.251 e. The van der Waals surface area contributed by atoms with Gasteiger partial charge in [-0.3, -0.25) is 14.6 Å². The summed E-state index contributed by atoms with van der Waals surface area (Å²) in [5.74, 6) is 1.49. The van der Waals surface area contributed by atoms with Gasteiger partial charge in [-0.05, 0) is 39.2 Å². The van der Waals surface area contributed by atoms with Crippen LogP contribution in [0.25, 0.3) is 0 Å². The molecule has 2 fully saturated rings.